The van der Waals surface area contributed by atoms with Crippen LogP contribution >= 0.6 is 0 Å². The van der Waals surface area contributed by atoms with E-state index in [-0.39, 0.29) is 24.1 Å². The first-order valence-corrected chi connectivity index (χ1v) is 8.02. The van der Waals surface area contributed by atoms with Gasteiger partial charge in [0.1, 0.15) is 6.54 Å². The van der Waals surface area contributed by atoms with E-state index in [4.69, 9.17) is 0 Å². The normalized spacial score (nSPS) is 17.3. The van der Waals surface area contributed by atoms with Gasteiger partial charge in [0.25, 0.3) is 5.56 Å². The topological polar surface area (TPSA) is 117 Å². The number of aromatic amines is 2. The maximum absolute atomic E-state index is 12.7. The SMILES string of the molecule is O=C(Cn1ncc2ccccc2c1=O)N1CCCC1c1n[nH]c(=O)[nH]1. The Hall–Kier alpha value is -3.23. The number of likely N-dealkylation sites (tertiary alicyclic amines) is 1. The van der Waals surface area contributed by atoms with Gasteiger partial charge >= 0.3 is 5.69 Å². The fourth-order valence-corrected chi connectivity index (χ4v) is 3.25. The molecule has 1 unspecified atom stereocenters. The zero-order valence-electron chi connectivity index (χ0n) is 13.3. The molecule has 3 aromatic rings. The van der Waals surface area contributed by atoms with Gasteiger partial charge in [0.2, 0.25) is 5.91 Å². The first-order valence-electron chi connectivity index (χ1n) is 8.02. The molecule has 1 amide bonds. The van der Waals surface area contributed by atoms with Crippen LogP contribution in [-0.4, -0.2) is 42.3 Å². The molecule has 4 rings (SSSR count). The van der Waals surface area contributed by atoms with Gasteiger partial charge in [-0.05, 0) is 18.9 Å². The van der Waals surface area contributed by atoms with Crippen LogP contribution in [0.15, 0.2) is 40.1 Å². The van der Waals surface area contributed by atoms with Crippen LogP contribution in [0.3, 0.4) is 0 Å². The standard InChI is InChI=1S/C16H16N6O3/c23-13(21-7-3-6-12(21)14-18-16(25)20-19-14)9-22-15(24)11-5-2-1-4-10(11)8-17-22/h1-2,4-5,8,12H,3,6-7,9H2,(H2,18,19,20,25). The summed E-state index contributed by atoms with van der Waals surface area (Å²) in [6, 6.07) is 6.84. The first-order chi connectivity index (χ1) is 12.1. The summed E-state index contributed by atoms with van der Waals surface area (Å²) in [7, 11) is 0. The van der Waals surface area contributed by atoms with Crippen molar-refractivity contribution in [2.45, 2.75) is 25.4 Å². The van der Waals surface area contributed by atoms with Gasteiger partial charge in [-0.2, -0.15) is 10.2 Å². The number of aromatic nitrogens is 5. The number of hydrogen-bond donors (Lipinski definition) is 2. The average Bonchev–Trinajstić information content (AvgIpc) is 3.26. The quantitative estimate of drug-likeness (QED) is 0.705. The van der Waals surface area contributed by atoms with E-state index in [1.54, 1.807) is 29.3 Å². The summed E-state index contributed by atoms with van der Waals surface area (Å²) in [4.78, 5) is 40.7. The van der Waals surface area contributed by atoms with Crippen molar-refractivity contribution in [1.82, 2.24) is 29.9 Å². The molecule has 9 heteroatoms. The summed E-state index contributed by atoms with van der Waals surface area (Å²) in [5, 5.41) is 11.6. The van der Waals surface area contributed by atoms with Gasteiger partial charge < -0.3 is 4.90 Å². The lowest BCUT2D eigenvalue weighted by molar-refractivity contribution is -0.133. The molecule has 0 saturated carbocycles. The zero-order valence-corrected chi connectivity index (χ0v) is 13.3. The fourth-order valence-electron chi connectivity index (χ4n) is 3.25. The Morgan fingerprint density at radius 1 is 1.28 bits per heavy atom. The minimum absolute atomic E-state index is 0.144. The second-order valence-corrected chi connectivity index (χ2v) is 6.00. The van der Waals surface area contributed by atoms with Crippen LogP contribution in [0.5, 0.6) is 0 Å². The zero-order chi connectivity index (χ0) is 17.4. The van der Waals surface area contributed by atoms with Gasteiger partial charge in [-0.3, -0.25) is 14.6 Å². The Kier molecular flexibility index (Phi) is 3.68. The third-order valence-corrected chi connectivity index (χ3v) is 4.46. The summed E-state index contributed by atoms with van der Waals surface area (Å²) >= 11 is 0. The molecule has 0 bridgehead atoms. The van der Waals surface area contributed by atoms with E-state index in [1.807, 2.05) is 6.07 Å². The summed E-state index contributed by atoms with van der Waals surface area (Å²) in [6.07, 6.45) is 3.11. The number of carbonyl (C=O) groups excluding carboxylic acids is 1. The molecule has 1 aromatic carbocycles. The molecule has 1 saturated heterocycles. The molecule has 128 valence electrons. The predicted octanol–water partition coefficient (Wildman–Crippen LogP) is 0.172. The summed E-state index contributed by atoms with van der Waals surface area (Å²) < 4.78 is 1.17. The van der Waals surface area contributed by atoms with Crippen molar-refractivity contribution in [1.29, 1.82) is 0 Å². The molecule has 2 aromatic heterocycles. The number of benzene rings is 1. The minimum atomic E-state index is -0.401. The van der Waals surface area contributed by atoms with Crippen LogP contribution < -0.4 is 11.2 Å². The highest BCUT2D eigenvalue weighted by Crippen LogP contribution is 2.29. The highest BCUT2D eigenvalue weighted by atomic mass is 16.2. The number of carbonyl (C=O) groups is 1. The maximum Gasteiger partial charge on any atom is 0.340 e. The lowest BCUT2D eigenvalue weighted by Crippen LogP contribution is -2.37. The monoisotopic (exact) mass is 340 g/mol. The van der Waals surface area contributed by atoms with E-state index in [2.05, 4.69) is 20.3 Å². The maximum atomic E-state index is 12.7. The Labute approximate surface area is 141 Å². The van der Waals surface area contributed by atoms with Crippen LogP contribution in [0.4, 0.5) is 0 Å². The number of nitrogens with one attached hydrogen (secondary N) is 2. The molecule has 0 spiro atoms. The number of H-pyrrole nitrogens is 2. The van der Waals surface area contributed by atoms with E-state index < -0.39 is 5.69 Å². The van der Waals surface area contributed by atoms with Crippen molar-refractivity contribution < 1.29 is 4.79 Å². The lowest BCUT2D eigenvalue weighted by atomic mass is 10.2. The smallest absolute Gasteiger partial charge is 0.331 e. The Morgan fingerprint density at radius 2 is 2.12 bits per heavy atom. The molecule has 25 heavy (non-hydrogen) atoms. The summed E-state index contributed by atoms with van der Waals surface area (Å²) in [5.74, 6) is 0.214. The summed E-state index contributed by atoms with van der Waals surface area (Å²) in [5.41, 5.74) is -0.697. The Bertz CT molecular complexity index is 1050. The van der Waals surface area contributed by atoms with Crippen LogP contribution in [0, 0.1) is 0 Å². The van der Waals surface area contributed by atoms with Crippen molar-refractivity contribution in [2.24, 2.45) is 0 Å². The van der Waals surface area contributed by atoms with Crippen molar-refractivity contribution in [3.05, 3.63) is 57.1 Å². The average molecular weight is 340 g/mol. The molecule has 2 N–H and O–H groups in total. The fraction of sp³-hybridized carbons (Fsp3) is 0.312. The lowest BCUT2D eigenvalue weighted by Gasteiger charge is -2.22. The van der Waals surface area contributed by atoms with Gasteiger partial charge in [0.05, 0.1) is 17.6 Å². The van der Waals surface area contributed by atoms with Crippen molar-refractivity contribution >= 4 is 16.7 Å². The van der Waals surface area contributed by atoms with Gasteiger partial charge in [-0.15, -0.1) is 0 Å². The molecule has 1 fully saturated rings. The minimum Gasteiger partial charge on any atom is -0.331 e. The molecular formula is C16H16N6O3. The second kappa shape index (κ2) is 6.00. The Morgan fingerprint density at radius 3 is 2.92 bits per heavy atom. The number of amides is 1. The summed E-state index contributed by atoms with van der Waals surface area (Å²) in [6.45, 7) is 0.412. The third kappa shape index (κ3) is 2.73. The van der Waals surface area contributed by atoms with Crippen molar-refractivity contribution in [2.75, 3.05) is 6.54 Å². The highest BCUT2D eigenvalue weighted by Gasteiger charge is 2.32. The van der Waals surface area contributed by atoms with Crippen LogP contribution in [0.1, 0.15) is 24.7 Å². The third-order valence-electron chi connectivity index (χ3n) is 4.46. The van der Waals surface area contributed by atoms with E-state index in [0.717, 1.165) is 11.8 Å². The van der Waals surface area contributed by atoms with Gasteiger partial charge in [-0.1, -0.05) is 18.2 Å². The Balaban J connectivity index is 1.60. The van der Waals surface area contributed by atoms with Crippen LogP contribution in [-0.2, 0) is 11.3 Å². The molecule has 1 aliphatic heterocycles. The first kappa shape index (κ1) is 15.3. The van der Waals surface area contributed by atoms with Crippen molar-refractivity contribution in [3.63, 3.8) is 0 Å². The highest BCUT2D eigenvalue weighted by molar-refractivity contribution is 5.81. The molecule has 3 heterocycles. The van der Waals surface area contributed by atoms with Gasteiger partial charge in [0, 0.05) is 11.9 Å². The van der Waals surface area contributed by atoms with Crippen molar-refractivity contribution in [3.8, 4) is 0 Å². The largest absolute Gasteiger partial charge is 0.340 e. The number of nitrogens with zero attached hydrogens (tertiary/aromatic N) is 4. The molecule has 1 atom stereocenters. The van der Waals surface area contributed by atoms with Crippen LogP contribution in [0.2, 0.25) is 0 Å². The number of fused-ring (bicyclic) bond motifs is 1. The molecule has 9 nitrogen and oxygen atoms in total. The van der Waals surface area contributed by atoms with E-state index in [0.29, 0.717) is 24.2 Å². The second-order valence-electron chi connectivity index (χ2n) is 6.00. The van der Waals surface area contributed by atoms with E-state index in [1.165, 1.54) is 4.68 Å². The van der Waals surface area contributed by atoms with E-state index in [9.17, 15) is 14.4 Å². The number of rotatable bonds is 3. The van der Waals surface area contributed by atoms with E-state index >= 15 is 0 Å². The van der Waals surface area contributed by atoms with Gasteiger partial charge in [-0.25, -0.2) is 14.6 Å². The van der Waals surface area contributed by atoms with Gasteiger partial charge in [0.15, 0.2) is 5.82 Å². The molecule has 0 radical (unpaired) electrons. The molecule has 1 aliphatic rings. The van der Waals surface area contributed by atoms with Crippen LogP contribution in [0.25, 0.3) is 10.8 Å². The molecule has 0 aliphatic carbocycles. The predicted molar refractivity (Wildman–Crippen MR) is 88.9 cm³/mol. The number of hydrogen-bond acceptors (Lipinski definition) is 5. The molecular weight excluding hydrogens is 324 g/mol.